The highest BCUT2D eigenvalue weighted by atomic mass is 35.5. The predicted octanol–water partition coefficient (Wildman–Crippen LogP) is 3.87. The van der Waals surface area contributed by atoms with Crippen LogP contribution in [-0.2, 0) is 11.3 Å². The number of amides is 1. The SMILES string of the molecule is CC(C)[C@H](N)C(=O)Nc1ccc(NCc2ccccc2)c(Cl)c1. The molecule has 0 aliphatic rings. The molecule has 0 aromatic heterocycles. The summed E-state index contributed by atoms with van der Waals surface area (Å²) in [6.45, 7) is 4.51. The Balaban J connectivity index is 1.99. The normalized spacial score (nSPS) is 12.0. The quantitative estimate of drug-likeness (QED) is 0.752. The summed E-state index contributed by atoms with van der Waals surface area (Å²) in [6, 6.07) is 14.9. The van der Waals surface area contributed by atoms with Gasteiger partial charge in [0.25, 0.3) is 0 Å². The number of hydrogen-bond donors (Lipinski definition) is 3. The molecule has 0 bridgehead atoms. The smallest absolute Gasteiger partial charge is 0.241 e. The molecule has 1 amide bonds. The van der Waals surface area contributed by atoms with Gasteiger partial charge in [0.2, 0.25) is 5.91 Å². The summed E-state index contributed by atoms with van der Waals surface area (Å²) in [5, 5.41) is 6.62. The lowest BCUT2D eigenvalue weighted by Gasteiger charge is -2.16. The molecule has 0 spiro atoms. The largest absolute Gasteiger partial charge is 0.380 e. The van der Waals surface area contributed by atoms with Gasteiger partial charge in [-0.2, -0.15) is 0 Å². The molecule has 0 radical (unpaired) electrons. The number of anilines is 2. The zero-order valence-corrected chi connectivity index (χ0v) is 14.1. The third-order valence-corrected chi connectivity index (χ3v) is 3.90. The Hall–Kier alpha value is -2.04. The van der Waals surface area contributed by atoms with Crippen molar-refractivity contribution in [2.24, 2.45) is 11.7 Å². The fourth-order valence-corrected chi connectivity index (χ4v) is 2.31. The lowest BCUT2D eigenvalue weighted by atomic mass is 10.0. The van der Waals surface area contributed by atoms with Gasteiger partial charge >= 0.3 is 0 Å². The number of nitrogens with one attached hydrogen (secondary N) is 2. The molecule has 0 aliphatic carbocycles. The average Bonchev–Trinajstić information content (AvgIpc) is 2.54. The van der Waals surface area contributed by atoms with Crippen LogP contribution in [0.2, 0.25) is 5.02 Å². The van der Waals surface area contributed by atoms with Crippen LogP contribution in [0.15, 0.2) is 48.5 Å². The Labute approximate surface area is 142 Å². The molecule has 0 saturated heterocycles. The minimum atomic E-state index is -0.537. The summed E-state index contributed by atoms with van der Waals surface area (Å²) in [6.07, 6.45) is 0. The van der Waals surface area contributed by atoms with E-state index in [9.17, 15) is 4.79 Å². The van der Waals surface area contributed by atoms with Gasteiger partial charge in [0.05, 0.1) is 16.8 Å². The van der Waals surface area contributed by atoms with E-state index in [0.717, 1.165) is 5.69 Å². The topological polar surface area (TPSA) is 67.2 Å². The van der Waals surface area contributed by atoms with Crippen LogP contribution in [0.4, 0.5) is 11.4 Å². The maximum absolute atomic E-state index is 12.0. The summed E-state index contributed by atoms with van der Waals surface area (Å²) < 4.78 is 0. The highest BCUT2D eigenvalue weighted by Gasteiger charge is 2.17. The molecule has 23 heavy (non-hydrogen) atoms. The number of nitrogens with two attached hydrogens (primary N) is 1. The predicted molar refractivity (Wildman–Crippen MR) is 96.7 cm³/mol. The number of benzene rings is 2. The second-order valence-corrected chi connectivity index (χ2v) is 6.20. The van der Waals surface area contributed by atoms with E-state index in [1.807, 2.05) is 56.3 Å². The van der Waals surface area contributed by atoms with Crippen molar-refractivity contribution in [2.75, 3.05) is 10.6 Å². The first-order valence-corrected chi connectivity index (χ1v) is 7.99. The van der Waals surface area contributed by atoms with Crippen molar-refractivity contribution in [3.8, 4) is 0 Å². The summed E-state index contributed by atoms with van der Waals surface area (Å²) in [5.41, 5.74) is 8.46. The van der Waals surface area contributed by atoms with Crippen molar-refractivity contribution in [3.05, 3.63) is 59.1 Å². The Morgan fingerprint density at radius 1 is 1.17 bits per heavy atom. The molecule has 4 N–H and O–H groups in total. The van der Waals surface area contributed by atoms with Gasteiger partial charge in [-0.05, 0) is 29.7 Å². The highest BCUT2D eigenvalue weighted by Crippen LogP contribution is 2.26. The molecule has 0 heterocycles. The third-order valence-electron chi connectivity index (χ3n) is 3.58. The van der Waals surface area contributed by atoms with Crippen molar-refractivity contribution >= 4 is 28.9 Å². The minimum Gasteiger partial charge on any atom is -0.380 e. The van der Waals surface area contributed by atoms with E-state index in [4.69, 9.17) is 17.3 Å². The van der Waals surface area contributed by atoms with E-state index in [-0.39, 0.29) is 11.8 Å². The van der Waals surface area contributed by atoms with Gasteiger partial charge in [-0.1, -0.05) is 55.8 Å². The highest BCUT2D eigenvalue weighted by molar-refractivity contribution is 6.33. The molecule has 0 unspecified atom stereocenters. The van der Waals surface area contributed by atoms with Crippen LogP contribution in [0.1, 0.15) is 19.4 Å². The fourth-order valence-electron chi connectivity index (χ4n) is 2.06. The Kier molecular flexibility index (Phi) is 6.02. The molecule has 5 heteroatoms. The zero-order valence-electron chi connectivity index (χ0n) is 13.3. The first-order valence-electron chi connectivity index (χ1n) is 7.61. The van der Waals surface area contributed by atoms with Gasteiger partial charge in [-0.15, -0.1) is 0 Å². The zero-order chi connectivity index (χ0) is 16.8. The average molecular weight is 332 g/mol. The number of hydrogen-bond acceptors (Lipinski definition) is 3. The van der Waals surface area contributed by atoms with Crippen molar-refractivity contribution in [1.82, 2.24) is 0 Å². The number of carbonyl (C=O) groups excluding carboxylic acids is 1. The lowest BCUT2D eigenvalue weighted by molar-refractivity contribution is -0.118. The summed E-state index contributed by atoms with van der Waals surface area (Å²) in [7, 11) is 0. The Bertz CT molecular complexity index is 659. The van der Waals surface area contributed by atoms with Gasteiger partial charge in [-0.25, -0.2) is 0 Å². The molecule has 2 aromatic carbocycles. The maximum Gasteiger partial charge on any atom is 0.241 e. The monoisotopic (exact) mass is 331 g/mol. The molecule has 0 aliphatic heterocycles. The Morgan fingerprint density at radius 3 is 2.48 bits per heavy atom. The van der Waals surface area contributed by atoms with Gasteiger partial charge < -0.3 is 16.4 Å². The summed E-state index contributed by atoms with van der Waals surface area (Å²) in [5.74, 6) is -0.127. The molecular formula is C18H22ClN3O. The van der Waals surface area contributed by atoms with Crippen LogP contribution in [0.5, 0.6) is 0 Å². The van der Waals surface area contributed by atoms with Gasteiger partial charge in [0.15, 0.2) is 0 Å². The fraction of sp³-hybridized carbons (Fsp3) is 0.278. The molecule has 122 valence electrons. The van der Waals surface area contributed by atoms with Crippen LogP contribution in [-0.4, -0.2) is 11.9 Å². The van der Waals surface area contributed by atoms with E-state index in [1.165, 1.54) is 5.56 Å². The van der Waals surface area contributed by atoms with Crippen LogP contribution in [0, 0.1) is 5.92 Å². The first kappa shape index (κ1) is 17.3. The van der Waals surface area contributed by atoms with Crippen LogP contribution >= 0.6 is 11.6 Å². The second kappa shape index (κ2) is 7.99. The van der Waals surface area contributed by atoms with Gasteiger partial charge in [0, 0.05) is 12.2 Å². The molecule has 2 aromatic rings. The van der Waals surface area contributed by atoms with E-state index < -0.39 is 6.04 Å². The number of carbonyl (C=O) groups is 1. The van der Waals surface area contributed by atoms with Crippen molar-refractivity contribution in [3.63, 3.8) is 0 Å². The second-order valence-electron chi connectivity index (χ2n) is 5.79. The Morgan fingerprint density at radius 2 is 1.87 bits per heavy atom. The lowest BCUT2D eigenvalue weighted by Crippen LogP contribution is -2.39. The molecule has 4 nitrogen and oxygen atoms in total. The summed E-state index contributed by atoms with van der Waals surface area (Å²) >= 11 is 6.28. The van der Waals surface area contributed by atoms with Gasteiger partial charge in [-0.3, -0.25) is 4.79 Å². The number of rotatable bonds is 6. The van der Waals surface area contributed by atoms with Crippen LogP contribution in [0.3, 0.4) is 0 Å². The van der Waals surface area contributed by atoms with E-state index in [0.29, 0.717) is 17.3 Å². The maximum atomic E-state index is 12.0. The van der Waals surface area contributed by atoms with Crippen molar-refractivity contribution in [1.29, 1.82) is 0 Å². The molecule has 0 saturated carbocycles. The minimum absolute atomic E-state index is 0.0808. The molecule has 2 rings (SSSR count). The number of halogens is 1. The third kappa shape index (κ3) is 4.98. The van der Waals surface area contributed by atoms with Crippen LogP contribution in [0.25, 0.3) is 0 Å². The van der Waals surface area contributed by atoms with Gasteiger partial charge in [0.1, 0.15) is 0 Å². The van der Waals surface area contributed by atoms with Crippen molar-refractivity contribution in [2.45, 2.75) is 26.4 Å². The van der Waals surface area contributed by atoms with E-state index in [1.54, 1.807) is 6.07 Å². The first-order chi connectivity index (χ1) is 11.0. The standard InChI is InChI=1S/C18H22ClN3O/c1-12(2)17(20)18(23)22-14-8-9-16(15(19)10-14)21-11-13-6-4-3-5-7-13/h3-10,12,17,21H,11,20H2,1-2H3,(H,22,23)/t17-/m0/s1. The summed E-state index contributed by atoms with van der Waals surface area (Å²) in [4.78, 5) is 12.0. The van der Waals surface area contributed by atoms with Crippen LogP contribution < -0.4 is 16.4 Å². The van der Waals surface area contributed by atoms with Crippen molar-refractivity contribution < 1.29 is 4.79 Å². The van der Waals surface area contributed by atoms with E-state index >= 15 is 0 Å². The molecular weight excluding hydrogens is 310 g/mol. The molecule has 0 fully saturated rings. The molecule has 1 atom stereocenters. The van der Waals surface area contributed by atoms with E-state index in [2.05, 4.69) is 10.6 Å².